The average Bonchev–Trinajstić information content (AvgIpc) is 3.72. The molecule has 10 heteroatoms. The number of hydrogen-bond acceptors (Lipinski definition) is 10. The summed E-state index contributed by atoms with van der Waals surface area (Å²) in [5.41, 5.74) is 4.94. The zero-order valence-electron chi connectivity index (χ0n) is 31.8. The van der Waals surface area contributed by atoms with Gasteiger partial charge in [-0.1, -0.05) is 51.0 Å². The Labute approximate surface area is 327 Å². The first-order chi connectivity index (χ1) is 27.3. The number of rotatable bonds is 13. The Bertz CT molecular complexity index is 2830. The molecule has 0 spiro atoms. The zero-order chi connectivity index (χ0) is 38.8. The summed E-state index contributed by atoms with van der Waals surface area (Å²) in [6.45, 7) is 6.39. The molecule has 0 aliphatic carbocycles. The van der Waals surface area contributed by atoms with E-state index in [0.717, 1.165) is 81.5 Å². The molecule has 4 aromatic carbocycles. The van der Waals surface area contributed by atoms with E-state index in [0.29, 0.717) is 45.0 Å². The molecule has 0 aliphatic heterocycles. The van der Waals surface area contributed by atoms with Gasteiger partial charge < -0.3 is 23.2 Å². The van der Waals surface area contributed by atoms with Crippen LogP contribution in [-0.2, 0) is 0 Å². The average molecular weight is 764 g/mol. The number of aromatic nitrogens is 2. The van der Waals surface area contributed by atoms with Crippen LogP contribution < -0.4 is 25.6 Å². The topological polar surface area (TPSA) is 108 Å². The van der Waals surface area contributed by atoms with Gasteiger partial charge in [0.25, 0.3) is 0 Å². The lowest BCUT2D eigenvalue weighted by molar-refractivity contribution is 0.396. The molecule has 0 saturated heterocycles. The molecule has 282 valence electrons. The van der Waals surface area contributed by atoms with Crippen molar-refractivity contribution < 1.29 is 18.3 Å². The fraction of sp³-hybridized carbons (Fsp3) is 0.217. The van der Waals surface area contributed by atoms with Crippen LogP contribution in [-0.4, -0.2) is 37.3 Å². The van der Waals surface area contributed by atoms with E-state index in [1.165, 1.54) is 0 Å². The summed E-state index contributed by atoms with van der Waals surface area (Å²) in [7, 11) is 3.09. The van der Waals surface area contributed by atoms with E-state index in [1.54, 1.807) is 56.1 Å². The number of anilines is 1. The lowest BCUT2D eigenvalue weighted by Crippen LogP contribution is -2.25. The van der Waals surface area contributed by atoms with E-state index in [4.69, 9.17) is 23.3 Å². The maximum absolute atomic E-state index is 13.3. The Morgan fingerprint density at radius 2 is 1.32 bits per heavy atom. The van der Waals surface area contributed by atoms with E-state index >= 15 is 0 Å². The number of thiophene rings is 1. The second-order valence-corrected chi connectivity index (χ2v) is 14.9. The summed E-state index contributed by atoms with van der Waals surface area (Å²) >= 11 is 1.57. The molecule has 0 fully saturated rings. The molecular formula is C46H41N3O6S. The van der Waals surface area contributed by atoms with Crippen molar-refractivity contribution in [3.63, 3.8) is 0 Å². The highest BCUT2D eigenvalue weighted by Crippen LogP contribution is 2.37. The van der Waals surface area contributed by atoms with Gasteiger partial charge in [0.1, 0.15) is 22.7 Å². The predicted molar refractivity (Wildman–Crippen MR) is 226 cm³/mol. The Morgan fingerprint density at radius 1 is 0.643 bits per heavy atom. The minimum Gasteiger partial charge on any atom is -0.496 e. The normalized spacial score (nSPS) is 11.4. The standard InChI is InChI=1S/C46H41N3O6S/c1-5-7-17-49(18-8-6-2)33-14-13-31-21-37(46(51)54-40(31)22-33)44-16-15-43(56-44)32-12-10-28-19-30(11-9-29(28)20-32)38-26-47-27-39(48-38)35-25-36-41(53-4)23-34(52-3)24-42(36)55-45(35)50/h9-16,19-27H,5-8,17-18H2,1-4H3. The number of nitrogens with zero attached hydrogens (tertiary/aromatic N) is 3. The summed E-state index contributed by atoms with van der Waals surface area (Å²) in [6.07, 6.45) is 7.74. The Kier molecular flexibility index (Phi) is 10.4. The van der Waals surface area contributed by atoms with E-state index in [-0.39, 0.29) is 11.2 Å². The molecule has 0 unspecified atom stereocenters. The molecule has 0 aliphatic rings. The molecule has 8 rings (SSSR count). The van der Waals surface area contributed by atoms with Crippen LogP contribution in [0.4, 0.5) is 5.69 Å². The van der Waals surface area contributed by atoms with Gasteiger partial charge in [-0.25, -0.2) is 14.6 Å². The van der Waals surface area contributed by atoms with Crippen molar-refractivity contribution in [2.75, 3.05) is 32.2 Å². The molecule has 8 aromatic rings. The molecule has 4 heterocycles. The van der Waals surface area contributed by atoms with Crippen molar-refractivity contribution in [1.82, 2.24) is 9.97 Å². The number of benzene rings is 4. The van der Waals surface area contributed by atoms with Gasteiger partial charge in [0.15, 0.2) is 0 Å². The van der Waals surface area contributed by atoms with Crippen LogP contribution in [0.15, 0.2) is 122 Å². The first-order valence-corrected chi connectivity index (χ1v) is 19.7. The number of fused-ring (bicyclic) bond motifs is 3. The lowest BCUT2D eigenvalue weighted by Gasteiger charge is -2.24. The molecule has 0 atom stereocenters. The highest BCUT2D eigenvalue weighted by molar-refractivity contribution is 7.18. The van der Waals surface area contributed by atoms with Crippen LogP contribution in [0.3, 0.4) is 0 Å². The van der Waals surface area contributed by atoms with Crippen LogP contribution in [0, 0.1) is 0 Å². The molecule has 0 saturated carbocycles. The summed E-state index contributed by atoms with van der Waals surface area (Å²) < 4.78 is 22.4. The minimum absolute atomic E-state index is 0.276. The molecule has 0 N–H and O–H groups in total. The van der Waals surface area contributed by atoms with Crippen LogP contribution in [0.25, 0.3) is 76.1 Å². The van der Waals surface area contributed by atoms with Gasteiger partial charge >= 0.3 is 11.3 Å². The number of methoxy groups -OCH3 is 2. The van der Waals surface area contributed by atoms with Crippen molar-refractivity contribution in [2.24, 2.45) is 0 Å². The Hall–Kier alpha value is -6.26. The summed E-state index contributed by atoms with van der Waals surface area (Å²) in [4.78, 5) is 40.0. The van der Waals surface area contributed by atoms with Crippen molar-refractivity contribution in [1.29, 1.82) is 0 Å². The van der Waals surface area contributed by atoms with E-state index < -0.39 is 5.63 Å². The molecule has 9 nitrogen and oxygen atoms in total. The molecule has 56 heavy (non-hydrogen) atoms. The van der Waals surface area contributed by atoms with Crippen LogP contribution in [0.1, 0.15) is 39.5 Å². The Balaban J connectivity index is 1.05. The van der Waals surface area contributed by atoms with Crippen LogP contribution in [0.5, 0.6) is 11.5 Å². The summed E-state index contributed by atoms with van der Waals surface area (Å²) in [5, 5.41) is 3.60. The molecule has 0 bridgehead atoms. The monoisotopic (exact) mass is 763 g/mol. The second kappa shape index (κ2) is 15.8. The third kappa shape index (κ3) is 7.27. The third-order valence-electron chi connectivity index (χ3n) is 10.1. The summed E-state index contributed by atoms with van der Waals surface area (Å²) in [6, 6.07) is 29.7. The van der Waals surface area contributed by atoms with E-state index in [2.05, 4.69) is 72.3 Å². The largest absolute Gasteiger partial charge is 0.496 e. The fourth-order valence-corrected chi connectivity index (χ4v) is 8.00. The van der Waals surface area contributed by atoms with Crippen molar-refractivity contribution in [3.8, 4) is 54.9 Å². The van der Waals surface area contributed by atoms with Gasteiger partial charge in [0.05, 0.1) is 54.5 Å². The SMILES string of the molecule is CCCCN(CCCC)c1ccc2cc(-c3ccc(-c4ccc5cc(-c6cncc(-c7cc8c(OC)cc(OC)cc8oc7=O)n6)ccc5c4)s3)c(=O)oc2c1. The number of ether oxygens (including phenoxy) is 2. The molecular weight excluding hydrogens is 723 g/mol. The number of hydrogen-bond donors (Lipinski definition) is 0. The molecule has 0 radical (unpaired) electrons. The van der Waals surface area contributed by atoms with Crippen LogP contribution >= 0.6 is 11.3 Å². The third-order valence-corrected chi connectivity index (χ3v) is 11.3. The maximum atomic E-state index is 13.3. The first-order valence-electron chi connectivity index (χ1n) is 18.9. The minimum atomic E-state index is -0.538. The molecule has 4 aromatic heterocycles. The first kappa shape index (κ1) is 36.7. The van der Waals surface area contributed by atoms with Gasteiger partial charge in [0, 0.05) is 57.7 Å². The van der Waals surface area contributed by atoms with Gasteiger partial charge in [0.2, 0.25) is 0 Å². The molecule has 0 amide bonds. The highest BCUT2D eigenvalue weighted by Gasteiger charge is 2.17. The Morgan fingerprint density at radius 3 is 2.07 bits per heavy atom. The van der Waals surface area contributed by atoms with Crippen molar-refractivity contribution >= 4 is 49.7 Å². The fourth-order valence-electron chi connectivity index (χ4n) is 6.99. The summed E-state index contributed by atoms with van der Waals surface area (Å²) in [5.74, 6) is 1.03. The van der Waals surface area contributed by atoms with Gasteiger partial charge in [-0.3, -0.25) is 4.98 Å². The quantitative estimate of drug-likeness (QED) is 0.106. The smallest absolute Gasteiger partial charge is 0.345 e. The van der Waals surface area contributed by atoms with Gasteiger partial charge in [-0.15, -0.1) is 11.3 Å². The maximum Gasteiger partial charge on any atom is 0.345 e. The van der Waals surface area contributed by atoms with Crippen molar-refractivity contribution in [2.45, 2.75) is 39.5 Å². The van der Waals surface area contributed by atoms with Crippen LogP contribution in [0.2, 0.25) is 0 Å². The van der Waals surface area contributed by atoms with Crippen molar-refractivity contribution in [3.05, 3.63) is 124 Å². The van der Waals surface area contributed by atoms with Gasteiger partial charge in [-0.2, -0.15) is 0 Å². The van der Waals surface area contributed by atoms with E-state index in [1.807, 2.05) is 24.3 Å². The van der Waals surface area contributed by atoms with Gasteiger partial charge in [-0.05, 0) is 77.7 Å². The number of unbranched alkanes of at least 4 members (excludes halogenated alkanes) is 2. The zero-order valence-corrected chi connectivity index (χ0v) is 32.6. The van der Waals surface area contributed by atoms with E-state index in [9.17, 15) is 9.59 Å². The predicted octanol–water partition coefficient (Wildman–Crippen LogP) is 11.0. The lowest BCUT2D eigenvalue weighted by atomic mass is 10.0. The second-order valence-electron chi connectivity index (χ2n) is 13.8. The highest BCUT2D eigenvalue weighted by atomic mass is 32.1.